The minimum atomic E-state index is 0.303. The van der Waals surface area contributed by atoms with Crippen LogP contribution in [-0.2, 0) is 4.79 Å². The number of carbonyl (C=O) groups is 1. The van der Waals surface area contributed by atoms with E-state index in [0.29, 0.717) is 18.1 Å². The Kier molecular flexibility index (Phi) is 6.29. The van der Waals surface area contributed by atoms with Crippen molar-refractivity contribution >= 4 is 17.4 Å². The molecule has 0 aliphatic heterocycles. The quantitative estimate of drug-likeness (QED) is 0.613. The molecule has 0 radical (unpaired) electrons. The van der Waals surface area contributed by atoms with Gasteiger partial charge in [-0.15, -0.1) is 0 Å². The number of hydrogen-bond acceptors (Lipinski definition) is 1. The molecule has 0 heterocycles. The van der Waals surface area contributed by atoms with Gasteiger partial charge in [0.2, 0.25) is 0 Å². The lowest BCUT2D eigenvalue weighted by Gasteiger charge is -2.14. The van der Waals surface area contributed by atoms with E-state index in [9.17, 15) is 4.79 Å². The van der Waals surface area contributed by atoms with Crippen LogP contribution in [0.2, 0.25) is 0 Å². The Bertz CT molecular complexity index is 464. The highest BCUT2D eigenvalue weighted by molar-refractivity contribution is 6.30. The summed E-state index contributed by atoms with van der Waals surface area (Å²) in [7, 11) is 0. The number of halogens is 1. The van der Waals surface area contributed by atoms with Crippen LogP contribution >= 0.6 is 11.6 Å². The molecule has 1 unspecified atom stereocenters. The van der Waals surface area contributed by atoms with Crippen LogP contribution in [0.5, 0.6) is 0 Å². The molecule has 0 saturated heterocycles. The molecule has 0 spiro atoms. The summed E-state index contributed by atoms with van der Waals surface area (Å²) in [6.45, 7) is 4.11. The molecule has 2 aliphatic carbocycles. The molecular weight excluding hydrogens is 280 g/mol. The molecule has 2 rings (SSSR count). The van der Waals surface area contributed by atoms with Crippen LogP contribution < -0.4 is 0 Å². The van der Waals surface area contributed by atoms with E-state index in [-0.39, 0.29) is 0 Å². The predicted octanol–water partition coefficient (Wildman–Crippen LogP) is 5.95. The zero-order valence-electron chi connectivity index (χ0n) is 13.3. The molecule has 0 aromatic rings. The Balaban J connectivity index is 1.90. The zero-order valence-corrected chi connectivity index (χ0v) is 14.1. The van der Waals surface area contributed by atoms with Gasteiger partial charge in [0.05, 0.1) is 0 Å². The summed E-state index contributed by atoms with van der Waals surface area (Å²) in [5, 5.41) is 0.873. The molecule has 0 amide bonds. The Morgan fingerprint density at radius 2 is 2.00 bits per heavy atom. The molecule has 0 bridgehead atoms. The maximum Gasteiger partial charge on any atom is 0.162 e. The van der Waals surface area contributed by atoms with E-state index in [4.69, 9.17) is 11.6 Å². The van der Waals surface area contributed by atoms with E-state index < -0.39 is 0 Å². The average molecular weight is 307 g/mol. The molecule has 1 atom stereocenters. The van der Waals surface area contributed by atoms with Gasteiger partial charge in [-0.25, -0.2) is 0 Å². The predicted molar refractivity (Wildman–Crippen MR) is 90.4 cm³/mol. The van der Waals surface area contributed by atoms with Crippen LogP contribution in [0.4, 0.5) is 0 Å². The molecule has 0 aromatic carbocycles. The second kappa shape index (κ2) is 7.98. The Morgan fingerprint density at radius 1 is 1.29 bits per heavy atom. The first-order valence-corrected chi connectivity index (χ1v) is 8.73. The smallest absolute Gasteiger partial charge is 0.162 e. The second-order valence-corrected chi connectivity index (χ2v) is 7.06. The topological polar surface area (TPSA) is 17.1 Å². The van der Waals surface area contributed by atoms with Crippen LogP contribution in [0.1, 0.15) is 65.2 Å². The Hall–Kier alpha value is -0.820. The van der Waals surface area contributed by atoms with Crippen molar-refractivity contribution in [1.29, 1.82) is 0 Å². The lowest BCUT2D eigenvalue weighted by Crippen LogP contribution is -2.07. The molecule has 2 aliphatic rings. The monoisotopic (exact) mass is 306 g/mol. The molecule has 116 valence electrons. The highest BCUT2D eigenvalue weighted by atomic mass is 35.5. The van der Waals surface area contributed by atoms with Crippen LogP contribution in [0.25, 0.3) is 0 Å². The van der Waals surface area contributed by atoms with E-state index in [1.807, 2.05) is 19.1 Å². The van der Waals surface area contributed by atoms with Crippen molar-refractivity contribution in [1.82, 2.24) is 0 Å². The summed E-state index contributed by atoms with van der Waals surface area (Å²) in [4.78, 5) is 12.5. The Labute approximate surface area is 134 Å². The number of allylic oxidation sites excluding steroid dienone is 6. The largest absolute Gasteiger partial charge is 0.294 e. The lowest BCUT2D eigenvalue weighted by atomic mass is 9.92. The number of carbonyl (C=O) groups excluding carboxylic acids is 1. The van der Waals surface area contributed by atoms with Crippen LogP contribution in [-0.4, -0.2) is 5.78 Å². The van der Waals surface area contributed by atoms with Gasteiger partial charge >= 0.3 is 0 Å². The molecule has 2 heteroatoms. The Morgan fingerprint density at radius 3 is 2.71 bits per heavy atom. The SMILES string of the molecule is CC1=CC=C(Cl)C(C)CC=C1C(=O)CCCC1CCCC1. The van der Waals surface area contributed by atoms with Gasteiger partial charge in [-0.05, 0) is 43.3 Å². The van der Waals surface area contributed by atoms with E-state index in [1.165, 1.54) is 32.1 Å². The van der Waals surface area contributed by atoms with Gasteiger partial charge in [-0.3, -0.25) is 4.79 Å². The molecule has 21 heavy (non-hydrogen) atoms. The average Bonchev–Trinajstić information content (AvgIpc) is 2.96. The number of rotatable bonds is 5. The second-order valence-electron chi connectivity index (χ2n) is 6.62. The van der Waals surface area contributed by atoms with Gasteiger partial charge in [-0.2, -0.15) is 0 Å². The molecule has 1 fully saturated rings. The number of ketones is 1. The molecule has 1 saturated carbocycles. The minimum absolute atomic E-state index is 0.303. The number of Topliss-reactive ketones (excluding diaryl/α,β-unsaturated/α-hetero) is 1. The van der Waals surface area contributed by atoms with Crippen LogP contribution in [0, 0.1) is 11.8 Å². The van der Waals surface area contributed by atoms with Crippen molar-refractivity contribution in [3.05, 3.63) is 34.4 Å². The summed E-state index contributed by atoms with van der Waals surface area (Å²) >= 11 is 6.20. The fourth-order valence-corrected chi connectivity index (χ4v) is 3.50. The standard InChI is InChI=1S/C19H27ClO/c1-14-11-13-18(20)15(2)10-12-17(14)19(21)9-5-8-16-6-3-4-7-16/h11-13,15-16H,3-10H2,1-2H3. The fraction of sp³-hybridized carbons (Fsp3) is 0.632. The zero-order chi connectivity index (χ0) is 15.2. The maximum absolute atomic E-state index is 12.5. The van der Waals surface area contributed by atoms with Gasteiger partial charge in [0.15, 0.2) is 5.78 Å². The first-order chi connectivity index (χ1) is 10.1. The molecular formula is C19H27ClO. The maximum atomic E-state index is 12.5. The van der Waals surface area contributed by atoms with Gasteiger partial charge in [-0.1, -0.05) is 62.8 Å². The van der Waals surface area contributed by atoms with Gasteiger partial charge < -0.3 is 0 Å². The summed E-state index contributed by atoms with van der Waals surface area (Å²) in [6, 6.07) is 0. The van der Waals surface area contributed by atoms with E-state index in [0.717, 1.165) is 34.9 Å². The highest BCUT2D eigenvalue weighted by Gasteiger charge is 2.17. The summed E-state index contributed by atoms with van der Waals surface area (Å²) in [6.07, 6.45) is 15.3. The van der Waals surface area contributed by atoms with E-state index in [1.54, 1.807) is 0 Å². The van der Waals surface area contributed by atoms with Gasteiger partial charge in [0.1, 0.15) is 0 Å². The lowest BCUT2D eigenvalue weighted by molar-refractivity contribution is -0.115. The van der Waals surface area contributed by atoms with Crippen molar-refractivity contribution < 1.29 is 4.79 Å². The van der Waals surface area contributed by atoms with Crippen molar-refractivity contribution in [3.8, 4) is 0 Å². The van der Waals surface area contributed by atoms with E-state index in [2.05, 4.69) is 13.0 Å². The van der Waals surface area contributed by atoms with Crippen molar-refractivity contribution in [3.63, 3.8) is 0 Å². The first kappa shape index (κ1) is 16.5. The first-order valence-electron chi connectivity index (χ1n) is 8.35. The van der Waals surface area contributed by atoms with Gasteiger partial charge in [0.25, 0.3) is 0 Å². The van der Waals surface area contributed by atoms with Gasteiger partial charge in [0, 0.05) is 17.0 Å². The minimum Gasteiger partial charge on any atom is -0.294 e. The highest BCUT2D eigenvalue weighted by Crippen LogP contribution is 2.30. The molecule has 1 nitrogen and oxygen atoms in total. The summed E-state index contributed by atoms with van der Waals surface area (Å²) in [5.74, 6) is 1.49. The van der Waals surface area contributed by atoms with E-state index >= 15 is 0 Å². The third kappa shape index (κ3) is 4.85. The van der Waals surface area contributed by atoms with Crippen LogP contribution in [0.3, 0.4) is 0 Å². The van der Waals surface area contributed by atoms with Crippen molar-refractivity contribution in [2.45, 2.75) is 65.2 Å². The molecule has 0 aromatic heterocycles. The van der Waals surface area contributed by atoms with Crippen LogP contribution in [0.15, 0.2) is 34.4 Å². The van der Waals surface area contributed by atoms with Crippen molar-refractivity contribution in [2.24, 2.45) is 11.8 Å². The fourth-order valence-electron chi connectivity index (χ4n) is 3.35. The molecule has 0 N–H and O–H groups in total. The normalized spacial score (nSPS) is 24.0. The third-order valence-electron chi connectivity index (χ3n) is 4.86. The third-order valence-corrected chi connectivity index (χ3v) is 5.35. The summed E-state index contributed by atoms with van der Waals surface area (Å²) < 4.78 is 0. The number of hydrogen-bond donors (Lipinski definition) is 0. The van der Waals surface area contributed by atoms with Crippen molar-refractivity contribution in [2.75, 3.05) is 0 Å². The summed E-state index contributed by atoms with van der Waals surface area (Å²) in [5.41, 5.74) is 1.96.